The van der Waals surface area contributed by atoms with E-state index in [2.05, 4.69) is 29.7 Å². The van der Waals surface area contributed by atoms with Gasteiger partial charge in [0, 0.05) is 12.6 Å². The molecule has 3 heteroatoms. The third kappa shape index (κ3) is 1.65. The number of hydrogen-bond acceptors (Lipinski definition) is 3. The highest BCUT2D eigenvalue weighted by atomic mass is 15.3. The van der Waals surface area contributed by atoms with Crippen molar-refractivity contribution in [2.45, 2.75) is 51.1 Å². The molecular formula is C13H23N3. The highest BCUT2D eigenvalue weighted by Gasteiger charge is 2.51. The first-order valence-corrected chi connectivity index (χ1v) is 6.69. The van der Waals surface area contributed by atoms with Crippen LogP contribution in [0, 0.1) is 11.3 Å². The Labute approximate surface area is 99.0 Å². The third-order valence-corrected chi connectivity index (χ3v) is 4.47. The number of rotatable bonds is 3. The van der Waals surface area contributed by atoms with E-state index in [0.717, 1.165) is 26.1 Å². The number of piperidine rings is 1. The molecule has 2 atom stereocenters. The first-order valence-electron chi connectivity index (χ1n) is 6.69. The molecular weight excluding hydrogens is 198 g/mol. The molecule has 16 heavy (non-hydrogen) atoms. The summed E-state index contributed by atoms with van der Waals surface area (Å²) >= 11 is 0. The van der Waals surface area contributed by atoms with Crippen molar-refractivity contribution < 1.29 is 0 Å². The van der Waals surface area contributed by atoms with Crippen LogP contribution in [-0.4, -0.2) is 47.6 Å². The fourth-order valence-electron chi connectivity index (χ4n) is 3.64. The molecule has 0 aromatic heterocycles. The second kappa shape index (κ2) is 4.73. The Balaban J connectivity index is 2.24. The van der Waals surface area contributed by atoms with Crippen LogP contribution >= 0.6 is 0 Å². The Hall–Kier alpha value is -0.590. The van der Waals surface area contributed by atoms with Crippen molar-refractivity contribution in [1.29, 1.82) is 5.26 Å². The lowest BCUT2D eigenvalue weighted by atomic mass is 9.85. The van der Waals surface area contributed by atoms with Crippen molar-refractivity contribution in [3.8, 4) is 6.07 Å². The lowest BCUT2D eigenvalue weighted by Crippen LogP contribution is -2.56. The summed E-state index contributed by atoms with van der Waals surface area (Å²) in [4.78, 5) is 4.92. The minimum Gasteiger partial charge on any atom is -0.297 e. The van der Waals surface area contributed by atoms with Gasteiger partial charge in [-0.05, 0) is 38.9 Å². The molecule has 0 aromatic carbocycles. The molecule has 2 fully saturated rings. The zero-order valence-corrected chi connectivity index (χ0v) is 10.6. The second-order valence-electron chi connectivity index (χ2n) is 5.01. The van der Waals surface area contributed by atoms with Crippen molar-refractivity contribution in [2.24, 2.45) is 0 Å². The monoisotopic (exact) mass is 221 g/mol. The molecule has 0 spiro atoms. The second-order valence-corrected chi connectivity index (χ2v) is 5.01. The van der Waals surface area contributed by atoms with E-state index in [4.69, 9.17) is 0 Å². The average Bonchev–Trinajstić information content (AvgIpc) is 2.71. The van der Waals surface area contributed by atoms with Gasteiger partial charge in [0.05, 0.1) is 6.07 Å². The summed E-state index contributed by atoms with van der Waals surface area (Å²) in [5.74, 6) is 0. The van der Waals surface area contributed by atoms with E-state index < -0.39 is 0 Å². The summed E-state index contributed by atoms with van der Waals surface area (Å²) in [6.07, 6.45) is 4.86. The molecule has 2 aliphatic rings. The van der Waals surface area contributed by atoms with Gasteiger partial charge in [-0.1, -0.05) is 20.3 Å². The molecule has 0 N–H and O–H groups in total. The van der Waals surface area contributed by atoms with Crippen LogP contribution < -0.4 is 0 Å². The van der Waals surface area contributed by atoms with Gasteiger partial charge in [0.2, 0.25) is 0 Å². The molecule has 0 bridgehead atoms. The predicted molar refractivity (Wildman–Crippen MR) is 65.1 cm³/mol. The third-order valence-electron chi connectivity index (χ3n) is 4.47. The molecule has 0 saturated carbocycles. The molecule has 0 aliphatic carbocycles. The summed E-state index contributed by atoms with van der Waals surface area (Å²) in [5, 5.41) is 9.67. The van der Waals surface area contributed by atoms with E-state index >= 15 is 0 Å². The Kier molecular flexibility index (Phi) is 3.51. The maximum atomic E-state index is 9.67. The zero-order chi connectivity index (χ0) is 11.6. The Bertz CT molecular complexity index is 279. The maximum absolute atomic E-state index is 9.67. The van der Waals surface area contributed by atoms with Crippen LogP contribution in [0.3, 0.4) is 0 Å². The Morgan fingerprint density at radius 1 is 1.31 bits per heavy atom. The van der Waals surface area contributed by atoms with Gasteiger partial charge in [-0.2, -0.15) is 5.26 Å². The van der Waals surface area contributed by atoms with E-state index in [1.54, 1.807) is 0 Å². The molecule has 2 unspecified atom stereocenters. The number of likely N-dealkylation sites (N-methyl/N-ethyl adjacent to an activating group) is 1. The van der Waals surface area contributed by atoms with Gasteiger partial charge in [0.25, 0.3) is 0 Å². The molecule has 2 rings (SSSR count). The van der Waals surface area contributed by atoms with Crippen molar-refractivity contribution in [2.75, 3.05) is 26.2 Å². The Morgan fingerprint density at radius 3 is 2.69 bits per heavy atom. The van der Waals surface area contributed by atoms with Crippen LogP contribution in [0.25, 0.3) is 0 Å². The SMILES string of the molecule is CCN(CC)C1(C#N)CCN2CCCCC21. The Morgan fingerprint density at radius 2 is 2.06 bits per heavy atom. The van der Waals surface area contributed by atoms with Gasteiger partial charge in [-0.25, -0.2) is 0 Å². The zero-order valence-electron chi connectivity index (χ0n) is 10.6. The standard InChI is InChI=1S/C13H23N3/c1-3-16(4-2)13(11-14)8-10-15-9-6-5-7-12(13)15/h12H,3-10H2,1-2H3. The lowest BCUT2D eigenvalue weighted by Gasteiger charge is -2.42. The van der Waals surface area contributed by atoms with Crippen molar-refractivity contribution in [3.63, 3.8) is 0 Å². The van der Waals surface area contributed by atoms with Crippen LogP contribution in [0.15, 0.2) is 0 Å². The molecule has 2 aliphatic heterocycles. The van der Waals surface area contributed by atoms with Gasteiger partial charge >= 0.3 is 0 Å². The fourth-order valence-corrected chi connectivity index (χ4v) is 3.64. The van der Waals surface area contributed by atoms with E-state index in [0.29, 0.717) is 6.04 Å². The van der Waals surface area contributed by atoms with Crippen LogP contribution in [-0.2, 0) is 0 Å². The number of nitriles is 1. The van der Waals surface area contributed by atoms with E-state index in [1.165, 1.54) is 25.8 Å². The van der Waals surface area contributed by atoms with Gasteiger partial charge in [0.15, 0.2) is 0 Å². The minimum absolute atomic E-state index is 0.191. The van der Waals surface area contributed by atoms with Crippen molar-refractivity contribution >= 4 is 0 Å². The van der Waals surface area contributed by atoms with Crippen molar-refractivity contribution in [1.82, 2.24) is 9.80 Å². The maximum Gasteiger partial charge on any atom is 0.126 e. The molecule has 3 nitrogen and oxygen atoms in total. The molecule has 0 amide bonds. The normalized spacial score (nSPS) is 35.0. The summed E-state index contributed by atoms with van der Waals surface area (Å²) in [6.45, 7) is 8.66. The number of fused-ring (bicyclic) bond motifs is 1. The summed E-state index contributed by atoms with van der Waals surface area (Å²) in [7, 11) is 0. The first kappa shape index (κ1) is 11.9. The number of nitrogens with zero attached hydrogens (tertiary/aromatic N) is 3. The molecule has 90 valence electrons. The fraction of sp³-hybridized carbons (Fsp3) is 0.923. The quantitative estimate of drug-likeness (QED) is 0.728. The van der Waals surface area contributed by atoms with E-state index in [1.807, 2.05) is 0 Å². The summed E-state index contributed by atoms with van der Waals surface area (Å²) < 4.78 is 0. The highest BCUT2D eigenvalue weighted by molar-refractivity contribution is 5.19. The lowest BCUT2D eigenvalue weighted by molar-refractivity contribution is 0.0781. The smallest absolute Gasteiger partial charge is 0.126 e. The van der Waals surface area contributed by atoms with Gasteiger partial charge in [-0.3, -0.25) is 9.80 Å². The molecule has 0 aromatic rings. The predicted octanol–water partition coefficient (Wildman–Crippen LogP) is 1.85. The number of hydrogen-bond donors (Lipinski definition) is 0. The van der Waals surface area contributed by atoms with Crippen LogP contribution in [0.5, 0.6) is 0 Å². The summed E-state index contributed by atoms with van der Waals surface area (Å²) in [5.41, 5.74) is -0.191. The minimum atomic E-state index is -0.191. The average molecular weight is 221 g/mol. The van der Waals surface area contributed by atoms with Crippen LogP contribution in [0.4, 0.5) is 0 Å². The molecule has 0 radical (unpaired) electrons. The van der Waals surface area contributed by atoms with Gasteiger partial charge in [0.1, 0.15) is 5.54 Å². The van der Waals surface area contributed by atoms with Gasteiger partial charge in [-0.15, -0.1) is 0 Å². The molecule has 2 saturated heterocycles. The topological polar surface area (TPSA) is 30.3 Å². The van der Waals surface area contributed by atoms with Crippen molar-refractivity contribution in [3.05, 3.63) is 0 Å². The van der Waals surface area contributed by atoms with E-state index in [9.17, 15) is 5.26 Å². The first-order chi connectivity index (χ1) is 7.78. The largest absolute Gasteiger partial charge is 0.297 e. The van der Waals surface area contributed by atoms with Gasteiger partial charge < -0.3 is 0 Å². The van der Waals surface area contributed by atoms with E-state index in [-0.39, 0.29) is 5.54 Å². The molecule has 2 heterocycles. The summed E-state index contributed by atoms with van der Waals surface area (Å²) in [6, 6.07) is 3.15. The van der Waals surface area contributed by atoms with Crippen LogP contribution in [0.2, 0.25) is 0 Å². The van der Waals surface area contributed by atoms with Crippen LogP contribution in [0.1, 0.15) is 39.5 Å². The highest BCUT2D eigenvalue weighted by Crippen LogP contribution is 2.38.